The van der Waals surface area contributed by atoms with Crippen molar-refractivity contribution in [2.75, 3.05) is 6.61 Å². The number of fused-ring (bicyclic) bond motifs is 5. The van der Waals surface area contributed by atoms with Crippen LogP contribution in [0.2, 0.25) is 0 Å². The van der Waals surface area contributed by atoms with Gasteiger partial charge in [0.2, 0.25) is 0 Å². The number of allylic oxidation sites excluding steroid dienone is 1. The summed E-state index contributed by atoms with van der Waals surface area (Å²) in [4.78, 5) is 23.7. The predicted molar refractivity (Wildman–Crippen MR) is 167 cm³/mol. The number of unbranched alkanes of at least 4 members (excludes halogenated alkanes) is 3. The Morgan fingerprint density at radius 2 is 1.76 bits per heavy atom. The van der Waals surface area contributed by atoms with Crippen LogP contribution in [0.4, 0.5) is 0 Å². The van der Waals surface area contributed by atoms with E-state index in [2.05, 4.69) is 47.3 Å². The van der Waals surface area contributed by atoms with E-state index >= 15 is 0 Å². The lowest BCUT2D eigenvalue weighted by Crippen LogP contribution is -2.51. The van der Waals surface area contributed by atoms with Gasteiger partial charge in [-0.25, -0.2) is 4.79 Å². The Morgan fingerprint density at radius 3 is 2.51 bits per heavy atom. The summed E-state index contributed by atoms with van der Waals surface area (Å²) in [5.41, 5.74) is 2.42. The van der Waals surface area contributed by atoms with Gasteiger partial charge in [0.25, 0.3) is 0 Å². The molecule has 0 heterocycles. The average Bonchev–Trinajstić information content (AvgIpc) is 3.29. The maximum absolute atomic E-state index is 12.6. The van der Waals surface area contributed by atoms with Crippen molar-refractivity contribution in [1.29, 1.82) is 0 Å². The summed E-state index contributed by atoms with van der Waals surface area (Å²) in [7, 11) is 0. The van der Waals surface area contributed by atoms with Crippen LogP contribution in [-0.4, -0.2) is 24.6 Å². The highest BCUT2D eigenvalue weighted by molar-refractivity contribution is 5.81. The summed E-state index contributed by atoms with van der Waals surface area (Å²) >= 11 is 0. The van der Waals surface area contributed by atoms with Crippen molar-refractivity contribution < 1.29 is 19.1 Å². The fraction of sp³-hybridized carbons (Fsp3) is 0.838. The summed E-state index contributed by atoms with van der Waals surface area (Å²) in [5.74, 6) is 4.71. The first-order chi connectivity index (χ1) is 19.6. The molecule has 4 heteroatoms. The highest BCUT2D eigenvalue weighted by Gasteiger charge is 2.59. The Morgan fingerprint density at radius 1 is 0.976 bits per heavy atom. The van der Waals surface area contributed by atoms with Gasteiger partial charge < -0.3 is 9.47 Å². The van der Waals surface area contributed by atoms with Crippen molar-refractivity contribution in [1.82, 2.24) is 0 Å². The van der Waals surface area contributed by atoms with E-state index in [9.17, 15) is 9.59 Å². The molecule has 0 aliphatic heterocycles. The number of carbonyl (C=O) groups is 2. The molecule has 232 valence electrons. The predicted octanol–water partition coefficient (Wildman–Crippen LogP) is 9.62. The van der Waals surface area contributed by atoms with E-state index < -0.39 is 0 Å². The number of ether oxygens (including phenoxy) is 2. The van der Waals surface area contributed by atoms with E-state index in [1.807, 2.05) is 0 Å². The molecule has 3 saturated carbocycles. The molecule has 0 amide bonds. The van der Waals surface area contributed by atoms with E-state index in [-0.39, 0.29) is 18.0 Å². The molecule has 0 saturated heterocycles. The molecular formula is C37H60O4. The monoisotopic (exact) mass is 568 g/mol. The quantitative estimate of drug-likeness (QED) is 0.0906. The van der Waals surface area contributed by atoms with Crippen LogP contribution >= 0.6 is 0 Å². The van der Waals surface area contributed by atoms with Gasteiger partial charge in [-0.3, -0.25) is 4.79 Å². The van der Waals surface area contributed by atoms with Crippen LogP contribution in [0.3, 0.4) is 0 Å². The average molecular weight is 569 g/mol. The third-order valence-corrected chi connectivity index (χ3v) is 12.2. The fourth-order valence-electron chi connectivity index (χ4n) is 9.95. The Labute approximate surface area is 251 Å². The smallest absolute Gasteiger partial charge is 0.330 e. The lowest BCUT2D eigenvalue weighted by atomic mass is 9.47. The first kappa shape index (κ1) is 32.3. The van der Waals surface area contributed by atoms with Crippen molar-refractivity contribution in [2.24, 2.45) is 46.3 Å². The van der Waals surface area contributed by atoms with E-state index in [0.717, 1.165) is 74.0 Å². The second kappa shape index (κ2) is 14.3. The van der Waals surface area contributed by atoms with Gasteiger partial charge in [-0.05, 0) is 104 Å². The van der Waals surface area contributed by atoms with Crippen molar-refractivity contribution in [3.63, 3.8) is 0 Å². The minimum absolute atomic E-state index is 0.0427. The number of rotatable bonds is 14. The van der Waals surface area contributed by atoms with Crippen LogP contribution in [-0.2, 0) is 19.1 Å². The second-order valence-corrected chi connectivity index (χ2v) is 15.2. The summed E-state index contributed by atoms with van der Waals surface area (Å²) in [6, 6.07) is 0. The highest BCUT2D eigenvalue weighted by atomic mass is 16.5. The fourth-order valence-corrected chi connectivity index (χ4v) is 9.95. The van der Waals surface area contributed by atoms with Crippen LogP contribution in [0.1, 0.15) is 137 Å². The zero-order valence-electron chi connectivity index (χ0n) is 27.1. The molecule has 0 aromatic heterocycles. The van der Waals surface area contributed by atoms with Crippen LogP contribution in [0.15, 0.2) is 24.3 Å². The zero-order valence-corrected chi connectivity index (χ0v) is 27.1. The molecule has 4 aliphatic rings. The summed E-state index contributed by atoms with van der Waals surface area (Å²) in [6.07, 6.45) is 22.1. The molecule has 4 aliphatic carbocycles. The molecule has 0 aromatic carbocycles. The lowest BCUT2D eigenvalue weighted by Gasteiger charge is -2.58. The molecule has 41 heavy (non-hydrogen) atoms. The van der Waals surface area contributed by atoms with Crippen LogP contribution in [0.25, 0.3) is 0 Å². The molecule has 4 rings (SSSR count). The maximum atomic E-state index is 12.6. The standard InChI is InChI=1S/C37H60O4/c1-7-34(38)40-24-11-9-8-10-15-35(39)41-29-20-22-36(5)28(25-29)16-17-30-32-19-18-31(27(4)14-12-13-26(2)3)37(32,6)23-21-33(30)36/h7,16,26-27,29-33H,1,8-15,17-25H2,2-6H3/t27-,29+,30+,31-,32+,33+,36+,37-/m1/s1. The Kier molecular flexibility index (Phi) is 11.2. The normalized spacial score (nSPS) is 35.1. The minimum Gasteiger partial charge on any atom is -0.463 e. The maximum Gasteiger partial charge on any atom is 0.330 e. The SMILES string of the molecule is C=CC(=O)OCCCCCCC(=O)O[C@H]1CC[C@@]2(C)C(=CC[C@H]3[C@@H]4CC[C@H]([C@H](C)CCCC(C)C)[C@@]4(C)CC[C@@H]32)C1. The summed E-state index contributed by atoms with van der Waals surface area (Å²) in [5, 5.41) is 0. The summed E-state index contributed by atoms with van der Waals surface area (Å²) < 4.78 is 11.0. The highest BCUT2D eigenvalue weighted by Crippen LogP contribution is 2.67. The molecular weight excluding hydrogens is 508 g/mol. The van der Waals surface area contributed by atoms with E-state index in [1.165, 1.54) is 63.9 Å². The lowest BCUT2D eigenvalue weighted by molar-refractivity contribution is -0.151. The van der Waals surface area contributed by atoms with Gasteiger partial charge in [-0.1, -0.05) is 85.0 Å². The third-order valence-electron chi connectivity index (χ3n) is 12.2. The van der Waals surface area contributed by atoms with Gasteiger partial charge >= 0.3 is 11.9 Å². The van der Waals surface area contributed by atoms with E-state index in [0.29, 0.717) is 23.9 Å². The zero-order chi connectivity index (χ0) is 29.6. The molecule has 0 N–H and O–H groups in total. The van der Waals surface area contributed by atoms with Gasteiger partial charge in [0.15, 0.2) is 0 Å². The number of hydrogen-bond acceptors (Lipinski definition) is 4. The molecule has 0 spiro atoms. The van der Waals surface area contributed by atoms with Gasteiger partial charge in [-0.15, -0.1) is 0 Å². The topological polar surface area (TPSA) is 52.6 Å². The second-order valence-electron chi connectivity index (χ2n) is 15.2. The molecule has 0 radical (unpaired) electrons. The molecule has 8 atom stereocenters. The Hall–Kier alpha value is -1.58. The number of hydrogen-bond donors (Lipinski definition) is 0. The molecule has 0 aromatic rings. The molecule has 0 unspecified atom stereocenters. The van der Waals surface area contributed by atoms with Crippen molar-refractivity contribution in [3.8, 4) is 0 Å². The molecule has 3 fully saturated rings. The van der Waals surface area contributed by atoms with Crippen LogP contribution < -0.4 is 0 Å². The number of carbonyl (C=O) groups excluding carboxylic acids is 2. The van der Waals surface area contributed by atoms with Gasteiger partial charge in [0.1, 0.15) is 6.10 Å². The van der Waals surface area contributed by atoms with Crippen molar-refractivity contribution in [3.05, 3.63) is 24.3 Å². The minimum atomic E-state index is -0.368. The van der Waals surface area contributed by atoms with Crippen molar-refractivity contribution >= 4 is 11.9 Å². The molecule has 4 nitrogen and oxygen atoms in total. The van der Waals surface area contributed by atoms with Crippen molar-refractivity contribution in [2.45, 2.75) is 143 Å². The number of esters is 2. The van der Waals surface area contributed by atoms with E-state index in [4.69, 9.17) is 9.47 Å². The Bertz CT molecular complexity index is 935. The first-order valence-electron chi connectivity index (χ1n) is 17.3. The Balaban J connectivity index is 1.25. The largest absolute Gasteiger partial charge is 0.463 e. The van der Waals surface area contributed by atoms with Gasteiger partial charge in [0, 0.05) is 18.9 Å². The van der Waals surface area contributed by atoms with Crippen LogP contribution in [0.5, 0.6) is 0 Å². The van der Waals surface area contributed by atoms with E-state index in [1.54, 1.807) is 5.57 Å². The van der Waals surface area contributed by atoms with Gasteiger partial charge in [0.05, 0.1) is 6.61 Å². The van der Waals surface area contributed by atoms with Crippen LogP contribution in [0, 0.1) is 46.3 Å². The third kappa shape index (κ3) is 7.50. The molecule has 0 bridgehead atoms. The van der Waals surface area contributed by atoms with Gasteiger partial charge in [-0.2, -0.15) is 0 Å². The first-order valence-corrected chi connectivity index (χ1v) is 17.3. The summed E-state index contributed by atoms with van der Waals surface area (Å²) in [6.45, 7) is 16.4.